The van der Waals surface area contributed by atoms with E-state index in [0.717, 1.165) is 11.1 Å². The zero-order valence-electron chi connectivity index (χ0n) is 19.0. The molecule has 0 aliphatic carbocycles. The smallest absolute Gasteiger partial charge is 0.243 e. The monoisotopic (exact) mass is 419 g/mol. The third-order valence-corrected chi connectivity index (χ3v) is 8.12. The van der Waals surface area contributed by atoms with E-state index >= 15 is 0 Å². The standard InChI is InChI=1S/C24H37NO3S/c1-9-19-14-25(11-10-21(19)18(8)26)29(27,28)24-22(16(4)5)12-20(15(2)3)13-23(24)17(6)7/h9,12-13,15-17,19,21H,1,10-11,14H2,2-8H3/t19-,21-/m0/s1. The van der Waals surface area contributed by atoms with Crippen LogP contribution in [0.5, 0.6) is 0 Å². The van der Waals surface area contributed by atoms with Crippen molar-refractivity contribution in [3.05, 3.63) is 41.5 Å². The van der Waals surface area contributed by atoms with Gasteiger partial charge in [-0.15, -0.1) is 6.58 Å². The van der Waals surface area contributed by atoms with Crippen LogP contribution in [0.3, 0.4) is 0 Å². The molecule has 0 saturated carbocycles. The molecule has 0 aromatic heterocycles. The van der Waals surface area contributed by atoms with E-state index in [1.165, 1.54) is 5.56 Å². The number of Topliss-reactive ketones (excluding diaryl/α,β-unsaturated/α-hetero) is 1. The van der Waals surface area contributed by atoms with Crippen LogP contribution in [0.2, 0.25) is 0 Å². The zero-order chi connectivity index (χ0) is 22.1. The molecule has 1 aromatic rings. The number of nitrogens with zero attached hydrogens (tertiary/aromatic N) is 1. The minimum absolute atomic E-state index is 0.0981. The number of sulfonamides is 1. The van der Waals surface area contributed by atoms with Crippen molar-refractivity contribution < 1.29 is 13.2 Å². The number of rotatable bonds is 7. The van der Waals surface area contributed by atoms with E-state index in [1.807, 2.05) is 0 Å². The van der Waals surface area contributed by atoms with Crippen LogP contribution in [0.15, 0.2) is 29.7 Å². The summed E-state index contributed by atoms with van der Waals surface area (Å²) >= 11 is 0. The Hall–Kier alpha value is -1.46. The lowest BCUT2D eigenvalue weighted by atomic mass is 9.84. The maximum atomic E-state index is 13.9. The number of carbonyl (C=O) groups excluding carboxylic acids is 1. The van der Waals surface area contributed by atoms with Crippen LogP contribution in [0, 0.1) is 11.8 Å². The molecule has 1 aliphatic heterocycles. The summed E-state index contributed by atoms with van der Waals surface area (Å²) in [6, 6.07) is 4.14. The average Bonchev–Trinajstić information content (AvgIpc) is 2.65. The summed E-state index contributed by atoms with van der Waals surface area (Å²) in [4.78, 5) is 12.4. The molecular formula is C24H37NO3S. The van der Waals surface area contributed by atoms with Crippen LogP contribution in [-0.4, -0.2) is 31.6 Å². The third-order valence-electron chi connectivity index (χ3n) is 6.12. The molecule has 1 aliphatic rings. The summed E-state index contributed by atoms with van der Waals surface area (Å²) in [5, 5.41) is 0. The van der Waals surface area contributed by atoms with Gasteiger partial charge >= 0.3 is 0 Å². The second kappa shape index (κ2) is 9.13. The molecule has 2 atom stereocenters. The first-order valence-corrected chi connectivity index (χ1v) is 12.2. The molecule has 1 fully saturated rings. The molecule has 0 amide bonds. The first-order valence-electron chi connectivity index (χ1n) is 10.7. The number of ketones is 1. The minimum Gasteiger partial charge on any atom is -0.300 e. The lowest BCUT2D eigenvalue weighted by Gasteiger charge is -2.36. The van der Waals surface area contributed by atoms with E-state index in [4.69, 9.17) is 0 Å². The number of carbonyl (C=O) groups is 1. The van der Waals surface area contributed by atoms with Crippen LogP contribution in [0.1, 0.15) is 89.3 Å². The quantitative estimate of drug-likeness (QED) is 0.552. The first-order chi connectivity index (χ1) is 13.4. The van der Waals surface area contributed by atoms with Crippen molar-refractivity contribution >= 4 is 15.8 Å². The number of benzene rings is 1. The molecule has 0 spiro atoms. The summed E-state index contributed by atoms with van der Waals surface area (Å²) in [6.45, 7) is 18.6. The number of hydrogen-bond acceptors (Lipinski definition) is 3. The van der Waals surface area contributed by atoms with E-state index < -0.39 is 10.0 Å². The second-order valence-corrected chi connectivity index (χ2v) is 11.1. The van der Waals surface area contributed by atoms with Crippen LogP contribution >= 0.6 is 0 Å². The van der Waals surface area contributed by atoms with Crippen LogP contribution in [0.25, 0.3) is 0 Å². The Morgan fingerprint density at radius 1 is 1.07 bits per heavy atom. The Kier molecular flexibility index (Phi) is 7.50. The summed E-state index contributed by atoms with van der Waals surface area (Å²) in [6.07, 6.45) is 2.28. The molecule has 0 N–H and O–H groups in total. The third kappa shape index (κ3) is 4.83. The van der Waals surface area contributed by atoms with Crippen molar-refractivity contribution in [1.82, 2.24) is 4.31 Å². The van der Waals surface area contributed by atoms with Gasteiger partial charge in [0.25, 0.3) is 0 Å². The Balaban J connectivity index is 2.62. The molecule has 0 unspecified atom stereocenters. The highest BCUT2D eigenvalue weighted by molar-refractivity contribution is 7.89. The fourth-order valence-corrected chi connectivity index (χ4v) is 6.39. The Morgan fingerprint density at radius 2 is 1.59 bits per heavy atom. The van der Waals surface area contributed by atoms with Crippen molar-refractivity contribution in [2.24, 2.45) is 11.8 Å². The van der Waals surface area contributed by atoms with Gasteiger partial charge in [0.05, 0.1) is 4.90 Å². The molecule has 1 heterocycles. The molecule has 29 heavy (non-hydrogen) atoms. The summed E-state index contributed by atoms with van der Waals surface area (Å²) < 4.78 is 29.3. The highest BCUT2D eigenvalue weighted by atomic mass is 32.2. The van der Waals surface area contributed by atoms with Crippen molar-refractivity contribution in [2.45, 2.75) is 77.5 Å². The van der Waals surface area contributed by atoms with Gasteiger partial charge in [-0.2, -0.15) is 4.31 Å². The molecule has 0 radical (unpaired) electrons. The molecule has 0 bridgehead atoms. The van der Waals surface area contributed by atoms with Gasteiger partial charge in [-0.1, -0.05) is 59.8 Å². The zero-order valence-corrected chi connectivity index (χ0v) is 19.8. The fraction of sp³-hybridized carbons (Fsp3) is 0.625. The summed E-state index contributed by atoms with van der Waals surface area (Å²) in [5.74, 6) is 0.353. The van der Waals surface area contributed by atoms with Crippen molar-refractivity contribution in [3.8, 4) is 0 Å². The number of piperidine rings is 1. The lowest BCUT2D eigenvalue weighted by molar-refractivity contribution is -0.122. The Morgan fingerprint density at radius 3 is 1.97 bits per heavy atom. The largest absolute Gasteiger partial charge is 0.300 e. The van der Waals surface area contributed by atoms with Gasteiger partial charge in [-0.25, -0.2) is 8.42 Å². The predicted molar refractivity (Wildman–Crippen MR) is 120 cm³/mol. The summed E-state index contributed by atoms with van der Waals surface area (Å²) in [7, 11) is -3.67. The fourth-order valence-electron chi connectivity index (χ4n) is 4.23. The molecule has 162 valence electrons. The highest BCUT2D eigenvalue weighted by Gasteiger charge is 2.38. The van der Waals surface area contributed by atoms with Gasteiger partial charge in [-0.05, 0) is 47.8 Å². The van der Waals surface area contributed by atoms with Gasteiger partial charge in [0.1, 0.15) is 5.78 Å². The topological polar surface area (TPSA) is 54.5 Å². The molecule has 4 nitrogen and oxygen atoms in total. The van der Waals surface area contributed by atoms with Crippen LogP contribution in [-0.2, 0) is 14.8 Å². The number of hydrogen-bond donors (Lipinski definition) is 0. The SMILES string of the molecule is C=C[C@H]1CN(S(=O)(=O)c2c(C(C)C)cc(C(C)C)cc2C(C)C)CC[C@H]1C(C)=O. The molecule has 1 saturated heterocycles. The van der Waals surface area contributed by atoms with Crippen LogP contribution in [0.4, 0.5) is 0 Å². The maximum Gasteiger partial charge on any atom is 0.243 e. The van der Waals surface area contributed by atoms with E-state index in [-0.39, 0.29) is 29.5 Å². The van der Waals surface area contributed by atoms with E-state index in [1.54, 1.807) is 17.3 Å². The van der Waals surface area contributed by atoms with Crippen LogP contribution < -0.4 is 0 Å². The molecule has 5 heteroatoms. The van der Waals surface area contributed by atoms with Gasteiger partial charge in [0, 0.05) is 24.9 Å². The minimum atomic E-state index is -3.67. The maximum absolute atomic E-state index is 13.9. The first kappa shape index (κ1) is 23.8. The molecular weight excluding hydrogens is 382 g/mol. The lowest BCUT2D eigenvalue weighted by Crippen LogP contribution is -2.45. The van der Waals surface area contributed by atoms with Crippen molar-refractivity contribution in [1.29, 1.82) is 0 Å². The average molecular weight is 420 g/mol. The normalized spacial score (nSPS) is 21.2. The van der Waals surface area contributed by atoms with Crippen molar-refractivity contribution in [2.75, 3.05) is 13.1 Å². The van der Waals surface area contributed by atoms with Gasteiger partial charge in [-0.3, -0.25) is 4.79 Å². The Labute approximate surface area is 177 Å². The van der Waals surface area contributed by atoms with Gasteiger partial charge in [0.2, 0.25) is 10.0 Å². The van der Waals surface area contributed by atoms with E-state index in [9.17, 15) is 13.2 Å². The van der Waals surface area contributed by atoms with Gasteiger partial charge in [0.15, 0.2) is 0 Å². The van der Waals surface area contributed by atoms with Gasteiger partial charge < -0.3 is 0 Å². The van der Waals surface area contributed by atoms with E-state index in [2.05, 4.69) is 60.3 Å². The second-order valence-electron chi connectivity index (χ2n) is 9.26. The predicted octanol–water partition coefficient (Wildman–Crippen LogP) is 5.46. The Bertz CT molecular complexity index is 839. The molecule has 1 aromatic carbocycles. The van der Waals surface area contributed by atoms with E-state index in [0.29, 0.717) is 30.3 Å². The molecule has 2 rings (SSSR count). The van der Waals surface area contributed by atoms with Crippen molar-refractivity contribution in [3.63, 3.8) is 0 Å². The highest BCUT2D eigenvalue weighted by Crippen LogP contribution is 2.38. The summed E-state index contributed by atoms with van der Waals surface area (Å²) in [5.41, 5.74) is 2.96.